The van der Waals surface area contributed by atoms with E-state index in [1.807, 2.05) is 12.1 Å². The van der Waals surface area contributed by atoms with Crippen LogP contribution < -0.4 is 5.73 Å². The SMILES string of the molecule is CCCc1cccc(C(N)CCOCC(F)F)c1. The Kier molecular flexibility index (Phi) is 6.83. The van der Waals surface area contributed by atoms with E-state index in [1.165, 1.54) is 5.56 Å². The summed E-state index contributed by atoms with van der Waals surface area (Å²) in [6.45, 7) is 1.89. The van der Waals surface area contributed by atoms with Gasteiger partial charge in [0, 0.05) is 12.6 Å². The molecule has 1 aromatic carbocycles. The average molecular weight is 257 g/mol. The second-order valence-electron chi connectivity index (χ2n) is 4.36. The molecule has 1 rings (SSSR count). The monoisotopic (exact) mass is 257 g/mol. The first-order chi connectivity index (χ1) is 8.63. The first-order valence-corrected chi connectivity index (χ1v) is 6.33. The first kappa shape index (κ1) is 15.1. The standard InChI is InChI=1S/C14H21F2NO/c1-2-4-11-5-3-6-12(9-11)13(17)7-8-18-10-14(15)16/h3,5-6,9,13-14H,2,4,7-8,10,17H2,1H3. The van der Waals surface area contributed by atoms with E-state index in [1.54, 1.807) is 0 Å². The summed E-state index contributed by atoms with van der Waals surface area (Å²) in [5, 5.41) is 0. The van der Waals surface area contributed by atoms with Crippen molar-refractivity contribution < 1.29 is 13.5 Å². The molecule has 0 saturated heterocycles. The molecular formula is C14H21F2NO. The summed E-state index contributed by atoms with van der Waals surface area (Å²) in [6.07, 6.45) is 0.273. The number of benzene rings is 1. The molecule has 0 amide bonds. The van der Waals surface area contributed by atoms with Crippen LogP contribution in [0, 0.1) is 0 Å². The van der Waals surface area contributed by atoms with Crippen molar-refractivity contribution in [3.63, 3.8) is 0 Å². The Bertz CT molecular complexity index is 344. The number of hydrogen-bond donors (Lipinski definition) is 1. The van der Waals surface area contributed by atoms with Gasteiger partial charge in [0.05, 0.1) is 0 Å². The Morgan fingerprint density at radius 2 is 2.11 bits per heavy atom. The zero-order chi connectivity index (χ0) is 13.4. The van der Waals surface area contributed by atoms with E-state index < -0.39 is 13.0 Å². The highest BCUT2D eigenvalue weighted by atomic mass is 19.3. The van der Waals surface area contributed by atoms with Crippen molar-refractivity contribution in [3.05, 3.63) is 35.4 Å². The van der Waals surface area contributed by atoms with E-state index >= 15 is 0 Å². The molecule has 0 fully saturated rings. The minimum atomic E-state index is -2.41. The number of aryl methyl sites for hydroxylation is 1. The quantitative estimate of drug-likeness (QED) is 0.725. The Morgan fingerprint density at radius 3 is 2.78 bits per heavy atom. The largest absolute Gasteiger partial charge is 0.375 e. The molecule has 2 N–H and O–H groups in total. The molecule has 0 bridgehead atoms. The van der Waals surface area contributed by atoms with Crippen LogP contribution in [0.25, 0.3) is 0 Å². The van der Waals surface area contributed by atoms with E-state index in [9.17, 15) is 8.78 Å². The fourth-order valence-corrected chi connectivity index (χ4v) is 1.82. The Balaban J connectivity index is 2.40. The highest BCUT2D eigenvalue weighted by Crippen LogP contribution is 2.16. The van der Waals surface area contributed by atoms with Crippen LogP contribution in [0.2, 0.25) is 0 Å². The average Bonchev–Trinajstić information content (AvgIpc) is 2.35. The second kappa shape index (κ2) is 8.16. The molecule has 1 aromatic rings. The van der Waals surface area contributed by atoms with Crippen LogP contribution in [0.5, 0.6) is 0 Å². The molecular weight excluding hydrogens is 236 g/mol. The van der Waals surface area contributed by atoms with Crippen LogP contribution >= 0.6 is 0 Å². The molecule has 18 heavy (non-hydrogen) atoms. The maximum atomic E-state index is 11.9. The normalized spacial score (nSPS) is 12.9. The van der Waals surface area contributed by atoms with Gasteiger partial charge in [-0.3, -0.25) is 0 Å². The summed E-state index contributed by atoms with van der Waals surface area (Å²) in [6, 6.07) is 7.96. The highest BCUT2D eigenvalue weighted by molar-refractivity contribution is 5.25. The molecule has 0 spiro atoms. The summed E-state index contributed by atoms with van der Waals surface area (Å²) in [5.41, 5.74) is 8.32. The van der Waals surface area contributed by atoms with Crippen molar-refractivity contribution in [2.24, 2.45) is 5.73 Å². The third-order valence-corrected chi connectivity index (χ3v) is 2.73. The molecule has 4 heteroatoms. The summed E-state index contributed by atoms with van der Waals surface area (Å²) in [4.78, 5) is 0. The first-order valence-electron chi connectivity index (χ1n) is 6.33. The lowest BCUT2D eigenvalue weighted by Crippen LogP contribution is -2.15. The fourth-order valence-electron chi connectivity index (χ4n) is 1.82. The van der Waals surface area contributed by atoms with E-state index in [2.05, 4.69) is 19.1 Å². The summed E-state index contributed by atoms with van der Waals surface area (Å²) < 4.78 is 28.6. The third-order valence-electron chi connectivity index (χ3n) is 2.73. The molecule has 0 heterocycles. The van der Waals surface area contributed by atoms with Gasteiger partial charge < -0.3 is 10.5 Å². The summed E-state index contributed by atoms with van der Waals surface area (Å²) in [7, 11) is 0. The predicted molar refractivity (Wildman–Crippen MR) is 68.8 cm³/mol. The molecule has 102 valence electrons. The van der Waals surface area contributed by atoms with E-state index in [4.69, 9.17) is 10.5 Å². The number of halogens is 2. The smallest absolute Gasteiger partial charge is 0.261 e. The van der Waals surface area contributed by atoms with E-state index in [0.717, 1.165) is 18.4 Å². The van der Waals surface area contributed by atoms with Crippen molar-refractivity contribution in [1.82, 2.24) is 0 Å². The van der Waals surface area contributed by atoms with Crippen LogP contribution in [0.4, 0.5) is 8.78 Å². The second-order valence-corrected chi connectivity index (χ2v) is 4.36. The molecule has 0 aliphatic heterocycles. The minimum Gasteiger partial charge on any atom is -0.375 e. The third kappa shape index (κ3) is 5.56. The minimum absolute atomic E-state index is 0.153. The van der Waals surface area contributed by atoms with Crippen molar-refractivity contribution in [3.8, 4) is 0 Å². The lowest BCUT2D eigenvalue weighted by atomic mass is 10.0. The lowest BCUT2D eigenvalue weighted by molar-refractivity contribution is 0.0152. The van der Waals surface area contributed by atoms with Crippen LogP contribution in [0.3, 0.4) is 0 Å². The molecule has 0 radical (unpaired) electrons. The Labute approximate surface area is 107 Å². The molecule has 1 atom stereocenters. The van der Waals surface area contributed by atoms with Gasteiger partial charge in [0.2, 0.25) is 0 Å². The van der Waals surface area contributed by atoms with Gasteiger partial charge in [0.25, 0.3) is 6.43 Å². The molecule has 0 saturated carbocycles. The molecule has 2 nitrogen and oxygen atoms in total. The topological polar surface area (TPSA) is 35.2 Å². The molecule has 1 unspecified atom stereocenters. The highest BCUT2D eigenvalue weighted by Gasteiger charge is 2.08. The lowest BCUT2D eigenvalue weighted by Gasteiger charge is -2.13. The maximum Gasteiger partial charge on any atom is 0.261 e. The zero-order valence-corrected chi connectivity index (χ0v) is 10.7. The number of hydrogen-bond acceptors (Lipinski definition) is 2. The Morgan fingerprint density at radius 1 is 1.33 bits per heavy atom. The van der Waals surface area contributed by atoms with Crippen molar-refractivity contribution >= 4 is 0 Å². The van der Waals surface area contributed by atoms with Gasteiger partial charge in [-0.1, -0.05) is 37.6 Å². The molecule has 0 aromatic heterocycles. The van der Waals surface area contributed by atoms with Gasteiger partial charge in [-0.05, 0) is 24.0 Å². The molecule has 0 aliphatic carbocycles. The van der Waals surface area contributed by atoms with Crippen LogP contribution in [-0.2, 0) is 11.2 Å². The van der Waals surface area contributed by atoms with Crippen molar-refractivity contribution in [2.45, 2.75) is 38.7 Å². The zero-order valence-electron chi connectivity index (χ0n) is 10.7. The van der Waals surface area contributed by atoms with Crippen LogP contribution in [0.1, 0.15) is 36.9 Å². The summed E-state index contributed by atoms with van der Waals surface area (Å²) in [5.74, 6) is 0. The van der Waals surface area contributed by atoms with Crippen LogP contribution in [-0.4, -0.2) is 19.6 Å². The van der Waals surface area contributed by atoms with Gasteiger partial charge in [0.15, 0.2) is 0 Å². The van der Waals surface area contributed by atoms with E-state index in [-0.39, 0.29) is 12.6 Å². The van der Waals surface area contributed by atoms with Gasteiger partial charge in [-0.2, -0.15) is 0 Å². The van der Waals surface area contributed by atoms with Gasteiger partial charge in [-0.25, -0.2) is 8.78 Å². The maximum absolute atomic E-state index is 11.9. The number of alkyl halides is 2. The number of ether oxygens (including phenoxy) is 1. The van der Waals surface area contributed by atoms with Gasteiger partial charge >= 0.3 is 0 Å². The number of nitrogens with two attached hydrogens (primary N) is 1. The molecule has 0 aliphatic rings. The fraction of sp³-hybridized carbons (Fsp3) is 0.571. The summed E-state index contributed by atoms with van der Waals surface area (Å²) >= 11 is 0. The van der Waals surface area contributed by atoms with Gasteiger partial charge in [-0.15, -0.1) is 0 Å². The van der Waals surface area contributed by atoms with Crippen molar-refractivity contribution in [2.75, 3.05) is 13.2 Å². The van der Waals surface area contributed by atoms with Gasteiger partial charge in [0.1, 0.15) is 6.61 Å². The Hall–Kier alpha value is -1.00. The van der Waals surface area contributed by atoms with E-state index in [0.29, 0.717) is 6.42 Å². The predicted octanol–water partition coefficient (Wildman–Crippen LogP) is 3.31. The van der Waals surface area contributed by atoms with Crippen molar-refractivity contribution in [1.29, 1.82) is 0 Å². The number of rotatable bonds is 8. The van der Waals surface area contributed by atoms with Crippen LogP contribution in [0.15, 0.2) is 24.3 Å².